The topological polar surface area (TPSA) is 143 Å². The lowest BCUT2D eigenvalue weighted by Crippen LogP contribution is -2.48. The van der Waals surface area contributed by atoms with Crippen LogP contribution < -0.4 is 26.6 Å². The summed E-state index contributed by atoms with van der Waals surface area (Å²) < 4.78 is 44.7. The normalized spacial score (nSPS) is 13.8. The van der Waals surface area contributed by atoms with Crippen LogP contribution in [-0.2, 0) is 17.9 Å². The minimum atomic E-state index is -5.12. The first-order valence-corrected chi connectivity index (χ1v) is 13.0. The van der Waals surface area contributed by atoms with Crippen molar-refractivity contribution in [2.45, 2.75) is 45.3 Å². The molecule has 0 aliphatic carbocycles. The van der Waals surface area contributed by atoms with Crippen molar-refractivity contribution in [2.75, 3.05) is 13.1 Å². The van der Waals surface area contributed by atoms with Crippen LogP contribution in [0.15, 0.2) is 64.2 Å². The third-order valence-electron chi connectivity index (χ3n) is 6.66. The van der Waals surface area contributed by atoms with Crippen LogP contribution in [-0.4, -0.2) is 57.7 Å². The van der Waals surface area contributed by atoms with Gasteiger partial charge in [0.05, 0.1) is 6.54 Å². The van der Waals surface area contributed by atoms with Crippen LogP contribution in [0, 0.1) is 0 Å². The molecule has 3 N–H and O–H groups in total. The van der Waals surface area contributed by atoms with Gasteiger partial charge in [-0.15, -0.1) is 13.2 Å². The number of rotatable bonds is 8. The zero-order valence-corrected chi connectivity index (χ0v) is 22.5. The van der Waals surface area contributed by atoms with Crippen molar-refractivity contribution >= 4 is 17.7 Å². The molecule has 2 heterocycles. The van der Waals surface area contributed by atoms with E-state index >= 15 is 0 Å². The van der Waals surface area contributed by atoms with Gasteiger partial charge in [-0.2, -0.15) is 0 Å². The zero-order chi connectivity index (χ0) is 30.4. The summed E-state index contributed by atoms with van der Waals surface area (Å²) in [6.07, 6.45) is -4.12. The van der Waals surface area contributed by atoms with Gasteiger partial charge in [-0.1, -0.05) is 36.4 Å². The van der Waals surface area contributed by atoms with Gasteiger partial charge in [0.15, 0.2) is 0 Å². The van der Waals surface area contributed by atoms with Gasteiger partial charge >= 0.3 is 12.1 Å². The number of hydrogen-bond donors (Lipinski definition) is 3. The highest BCUT2D eigenvalue weighted by Gasteiger charge is 2.34. The van der Waals surface area contributed by atoms with E-state index in [4.69, 9.17) is 0 Å². The van der Waals surface area contributed by atoms with Gasteiger partial charge in [-0.05, 0) is 43.6 Å². The number of H-pyrrole nitrogens is 1. The summed E-state index contributed by atoms with van der Waals surface area (Å²) in [5.41, 5.74) is -1.65. The Hall–Kier alpha value is -4.72. The fraction of sp³-hybridized carbons (Fsp3) is 0.321. The third-order valence-corrected chi connectivity index (χ3v) is 6.66. The zero-order valence-electron chi connectivity index (χ0n) is 22.5. The molecule has 0 spiro atoms. The molecule has 42 heavy (non-hydrogen) atoms. The molecule has 0 radical (unpaired) electrons. The van der Waals surface area contributed by atoms with Crippen molar-refractivity contribution in [3.63, 3.8) is 0 Å². The first-order chi connectivity index (χ1) is 19.9. The quantitative estimate of drug-likeness (QED) is 0.367. The Balaban J connectivity index is 1.54. The largest absolute Gasteiger partial charge is 0.573 e. The van der Waals surface area contributed by atoms with E-state index in [1.165, 1.54) is 13.0 Å². The van der Waals surface area contributed by atoms with Crippen LogP contribution in [0.3, 0.4) is 0 Å². The first-order valence-electron chi connectivity index (χ1n) is 13.0. The highest BCUT2D eigenvalue weighted by molar-refractivity contribution is 6.04. The number of imide groups is 1. The summed E-state index contributed by atoms with van der Waals surface area (Å²) >= 11 is 0. The predicted molar refractivity (Wildman–Crippen MR) is 144 cm³/mol. The second kappa shape index (κ2) is 12.9. The van der Waals surface area contributed by atoms with E-state index in [9.17, 15) is 37.1 Å². The molecule has 3 aromatic rings. The maximum absolute atomic E-state index is 13.2. The molecule has 222 valence electrons. The Kier molecular flexibility index (Phi) is 9.25. The molecule has 11 nitrogen and oxygen atoms in total. The summed E-state index contributed by atoms with van der Waals surface area (Å²) in [4.78, 5) is 66.5. The molecule has 0 atom stereocenters. The van der Waals surface area contributed by atoms with Crippen LogP contribution in [0.1, 0.15) is 51.7 Å². The van der Waals surface area contributed by atoms with Gasteiger partial charge in [0.2, 0.25) is 5.91 Å². The average molecular weight is 588 g/mol. The van der Waals surface area contributed by atoms with E-state index in [-0.39, 0.29) is 17.7 Å². The van der Waals surface area contributed by atoms with Crippen LogP contribution in [0.5, 0.6) is 5.75 Å². The number of aromatic amines is 1. The number of aromatic nitrogens is 2. The first kappa shape index (κ1) is 30.2. The smallest absolute Gasteiger partial charge is 0.405 e. The van der Waals surface area contributed by atoms with E-state index in [1.54, 1.807) is 30.3 Å². The Bertz CT molecular complexity index is 1550. The lowest BCUT2D eigenvalue weighted by molar-refractivity contribution is -0.274. The van der Waals surface area contributed by atoms with Gasteiger partial charge in [0, 0.05) is 36.7 Å². The number of nitrogens with zero attached hydrogens (tertiary/aromatic N) is 2. The van der Waals surface area contributed by atoms with Crippen LogP contribution >= 0.6 is 0 Å². The van der Waals surface area contributed by atoms with Gasteiger partial charge in [0.1, 0.15) is 11.4 Å². The van der Waals surface area contributed by atoms with E-state index < -0.39 is 59.4 Å². The van der Waals surface area contributed by atoms with E-state index in [2.05, 4.69) is 20.4 Å². The summed E-state index contributed by atoms with van der Waals surface area (Å²) in [6, 6.07) is 12.4. The molecular weight excluding hydrogens is 559 g/mol. The Morgan fingerprint density at radius 3 is 2.36 bits per heavy atom. The minimum Gasteiger partial charge on any atom is -0.405 e. The van der Waals surface area contributed by atoms with E-state index in [1.807, 2.05) is 0 Å². The molecule has 0 bridgehead atoms. The maximum Gasteiger partial charge on any atom is 0.573 e. The molecule has 3 amide bonds. The third kappa shape index (κ3) is 7.51. The van der Waals surface area contributed by atoms with Crippen LogP contribution in [0.4, 0.5) is 13.2 Å². The Morgan fingerprint density at radius 1 is 1.05 bits per heavy atom. The summed E-state index contributed by atoms with van der Waals surface area (Å²) in [5.74, 6) is -3.00. The van der Waals surface area contributed by atoms with Crippen LogP contribution in [0.25, 0.3) is 0 Å². The number of benzene rings is 2. The van der Waals surface area contributed by atoms with Crippen molar-refractivity contribution in [2.24, 2.45) is 0 Å². The number of carbonyl (C=O) groups excluding carboxylic acids is 3. The molecule has 1 aliphatic heterocycles. The number of piperidine rings is 1. The molecule has 0 saturated carbocycles. The summed E-state index contributed by atoms with van der Waals surface area (Å²) in [6.45, 7) is 1.84. The fourth-order valence-corrected chi connectivity index (χ4v) is 4.65. The monoisotopic (exact) mass is 587 g/mol. The molecule has 1 aliphatic rings. The van der Waals surface area contributed by atoms with Crippen molar-refractivity contribution < 1.29 is 32.3 Å². The summed E-state index contributed by atoms with van der Waals surface area (Å²) in [7, 11) is 0. The number of halogens is 3. The molecule has 4 rings (SSSR count). The lowest BCUT2D eigenvalue weighted by Gasteiger charge is -2.32. The van der Waals surface area contributed by atoms with E-state index in [0.717, 1.165) is 27.7 Å². The number of hydrogen-bond acceptors (Lipinski definition) is 7. The second-order valence-corrected chi connectivity index (χ2v) is 9.63. The van der Waals surface area contributed by atoms with Crippen LogP contribution in [0.2, 0.25) is 0 Å². The molecular formula is C28H28F3N5O6. The van der Waals surface area contributed by atoms with Crippen molar-refractivity contribution in [1.29, 1.82) is 0 Å². The minimum absolute atomic E-state index is 0.0290. The highest BCUT2D eigenvalue weighted by atomic mass is 19.4. The molecule has 14 heteroatoms. The number of amides is 3. The number of alkyl halides is 3. The number of nitrogens with one attached hydrogen (secondary N) is 3. The van der Waals surface area contributed by atoms with Crippen molar-refractivity contribution in [3.05, 3.63) is 97.8 Å². The van der Waals surface area contributed by atoms with Gasteiger partial charge in [-0.3, -0.25) is 28.6 Å². The molecule has 1 fully saturated rings. The van der Waals surface area contributed by atoms with E-state index in [0.29, 0.717) is 31.5 Å². The molecule has 1 aromatic heterocycles. The van der Waals surface area contributed by atoms with Crippen molar-refractivity contribution in [1.82, 2.24) is 25.1 Å². The van der Waals surface area contributed by atoms with Crippen molar-refractivity contribution in [3.8, 4) is 5.75 Å². The van der Waals surface area contributed by atoms with Gasteiger partial charge in [-0.25, -0.2) is 4.79 Å². The molecule has 1 saturated heterocycles. The van der Waals surface area contributed by atoms with Gasteiger partial charge < -0.3 is 20.4 Å². The Labute approximate surface area is 237 Å². The fourth-order valence-electron chi connectivity index (χ4n) is 4.65. The standard InChI is InChI=1S/C28H28F3N5O6/c1-17(37)36(21-9-11-32-12-10-21)26(40)19-7-8-20(23(13-19)42-28(29,30)31)15-33-25(39)22-14-24(38)35(27(41)34-22)16-18-5-3-2-4-6-18/h2-8,13-14,21,32H,9-12,15-16H2,1H3,(H,33,39)(H,34,41). The van der Waals surface area contributed by atoms with Gasteiger partial charge in [0.25, 0.3) is 17.4 Å². The maximum atomic E-state index is 13.2. The lowest BCUT2D eigenvalue weighted by atomic mass is 10.0. The number of ether oxygens (including phenoxy) is 1. The second-order valence-electron chi connectivity index (χ2n) is 9.63. The molecule has 0 unspecified atom stereocenters. The average Bonchev–Trinajstić information content (AvgIpc) is 2.94. The molecule has 2 aromatic carbocycles. The SMILES string of the molecule is CC(=O)N(C(=O)c1ccc(CNC(=O)c2cc(=O)n(Cc3ccccc3)c(=O)[nH]2)c(OC(F)(F)F)c1)C1CCNCC1. The summed E-state index contributed by atoms with van der Waals surface area (Å²) in [5, 5.41) is 5.46. The highest BCUT2D eigenvalue weighted by Crippen LogP contribution is 2.29. The number of carbonyl (C=O) groups is 3. The Morgan fingerprint density at radius 2 is 1.74 bits per heavy atom. The predicted octanol–water partition coefficient (Wildman–Crippen LogP) is 2.15.